The Balaban J connectivity index is 2.35. The molecule has 2 aromatic carbocycles. The van der Waals surface area contributed by atoms with Crippen molar-refractivity contribution in [1.82, 2.24) is 0 Å². The van der Waals surface area contributed by atoms with E-state index in [0.29, 0.717) is 5.69 Å². The molecule has 0 aliphatic heterocycles. The predicted octanol–water partition coefficient (Wildman–Crippen LogP) is 4.06. The first-order valence-electron chi connectivity index (χ1n) is 5.15. The van der Waals surface area contributed by atoms with E-state index in [9.17, 15) is 4.39 Å². The van der Waals surface area contributed by atoms with Crippen LogP contribution in [-0.4, -0.2) is 0 Å². The summed E-state index contributed by atoms with van der Waals surface area (Å²) >= 11 is 2.09. The second-order valence-corrected chi connectivity index (χ2v) is 4.95. The highest BCUT2D eigenvalue weighted by atomic mass is 127. The molecule has 3 N–H and O–H groups in total. The van der Waals surface area contributed by atoms with Crippen molar-refractivity contribution in [2.24, 2.45) is 0 Å². The van der Waals surface area contributed by atoms with E-state index < -0.39 is 0 Å². The summed E-state index contributed by atoms with van der Waals surface area (Å²) in [4.78, 5) is 0. The fraction of sp³-hybridized carbons (Fsp3) is 0.0769. The maximum absolute atomic E-state index is 13.0. The molecular formula is C13H12FIN2. The zero-order valence-electron chi connectivity index (χ0n) is 9.30. The molecule has 0 unspecified atom stereocenters. The quantitative estimate of drug-likeness (QED) is 0.638. The zero-order valence-corrected chi connectivity index (χ0v) is 11.5. The Morgan fingerprint density at radius 3 is 2.65 bits per heavy atom. The van der Waals surface area contributed by atoms with Gasteiger partial charge in [0.1, 0.15) is 5.82 Å². The van der Waals surface area contributed by atoms with Gasteiger partial charge in [-0.3, -0.25) is 0 Å². The van der Waals surface area contributed by atoms with Gasteiger partial charge in [0, 0.05) is 3.57 Å². The van der Waals surface area contributed by atoms with Crippen molar-refractivity contribution in [3.63, 3.8) is 0 Å². The maximum Gasteiger partial charge on any atom is 0.124 e. The van der Waals surface area contributed by atoms with Crippen molar-refractivity contribution in [1.29, 1.82) is 0 Å². The third kappa shape index (κ3) is 2.69. The molecule has 0 amide bonds. The van der Waals surface area contributed by atoms with E-state index in [1.165, 1.54) is 12.1 Å². The van der Waals surface area contributed by atoms with E-state index in [-0.39, 0.29) is 5.82 Å². The van der Waals surface area contributed by atoms with E-state index in [1.54, 1.807) is 6.07 Å². The van der Waals surface area contributed by atoms with Gasteiger partial charge in [-0.05, 0) is 59.3 Å². The number of rotatable bonds is 2. The normalized spacial score (nSPS) is 10.3. The molecule has 0 saturated heterocycles. The number of benzene rings is 2. The minimum atomic E-state index is -0.239. The number of para-hydroxylation sites is 1. The molecule has 0 atom stereocenters. The number of anilines is 3. The highest BCUT2D eigenvalue weighted by Gasteiger charge is 2.05. The summed E-state index contributed by atoms with van der Waals surface area (Å²) in [6, 6.07) is 10.4. The summed E-state index contributed by atoms with van der Waals surface area (Å²) in [5.74, 6) is -0.239. The molecule has 2 rings (SSSR count). The molecule has 0 heterocycles. The van der Waals surface area contributed by atoms with Gasteiger partial charge in [-0.25, -0.2) is 4.39 Å². The van der Waals surface area contributed by atoms with Crippen LogP contribution in [0.2, 0.25) is 0 Å². The fourth-order valence-electron chi connectivity index (χ4n) is 1.53. The average molecular weight is 342 g/mol. The van der Waals surface area contributed by atoms with E-state index in [2.05, 4.69) is 27.9 Å². The monoisotopic (exact) mass is 342 g/mol. The number of nitrogens with two attached hydrogens (primary N) is 1. The van der Waals surface area contributed by atoms with Crippen LogP contribution in [0.4, 0.5) is 21.5 Å². The molecule has 17 heavy (non-hydrogen) atoms. The van der Waals surface area contributed by atoms with Gasteiger partial charge >= 0.3 is 0 Å². The average Bonchev–Trinajstić information content (AvgIpc) is 2.28. The first kappa shape index (κ1) is 12.2. The van der Waals surface area contributed by atoms with E-state index in [4.69, 9.17) is 5.73 Å². The Morgan fingerprint density at radius 1 is 1.18 bits per heavy atom. The molecule has 0 bridgehead atoms. The van der Waals surface area contributed by atoms with Crippen molar-refractivity contribution in [3.05, 3.63) is 51.3 Å². The van der Waals surface area contributed by atoms with Crippen LogP contribution < -0.4 is 11.1 Å². The van der Waals surface area contributed by atoms with Crippen LogP contribution >= 0.6 is 22.6 Å². The van der Waals surface area contributed by atoms with Crippen molar-refractivity contribution < 1.29 is 4.39 Å². The Labute approximate surface area is 113 Å². The lowest BCUT2D eigenvalue weighted by Gasteiger charge is -2.12. The van der Waals surface area contributed by atoms with E-state index >= 15 is 0 Å². The Hall–Kier alpha value is -1.30. The SMILES string of the molecule is Cc1cccc(Nc2ccc(F)cc2I)c1N. The minimum absolute atomic E-state index is 0.239. The van der Waals surface area contributed by atoms with Crippen LogP contribution in [0, 0.1) is 16.3 Å². The Kier molecular flexibility index (Phi) is 3.51. The summed E-state index contributed by atoms with van der Waals surface area (Å²) in [5, 5.41) is 3.21. The zero-order chi connectivity index (χ0) is 12.4. The second kappa shape index (κ2) is 4.91. The van der Waals surface area contributed by atoms with E-state index in [1.807, 2.05) is 25.1 Å². The van der Waals surface area contributed by atoms with Crippen molar-refractivity contribution in [2.45, 2.75) is 6.92 Å². The number of nitrogen functional groups attached to an aromatic ring is 1. The smallest absolute Gasteiger partial charge is 0.124 e. The second-order valence-electron chi connectivity index (χ2n) is 3.79. The summed E-state index contributed by atoms with van der Waals surface area (Å²) in [6.45, 7) is 1.95. The minimum Gasteiger partial charge on any atom is -0.397 e. The standard InChI is InChI=1S/C13H12FIN2/c1-8-3-2-4-12(13(8)16)17-11-6-5-9(14)7-10(11)15/h2-7,17H,16H2,1H3. The molecule has 0 aromatic heterocycles. The van der Waals surface area contributed by atoms with Crippen LogP contribution in [0.5, 0.6) is 0 Å². The highest BCUT2D eigenvalue weighted by molar-refractivity contribution is 14.1. The molecule has 2 aromatic rings. The van der Waals surface area contributed by atoms with Gasteiger partial charge in [-0.15, -0.1) is 0 Å². The van der Waals surface area contributed by atoms with Crippen molar-refractivity contribution >= 4 is 39.7 Å². The first-order valence-corrected chi connectivity index (χ1v) is 6.23. The summed E-state index contributed by atoms with van der Waals surface area (Å²) in [6.07, 6.45) is 0. The molecule has 88 valence electrons. The molecule has 0 spiro atoms. The summed E-state index contributed by atoms with van der Waals surface area (Å²) in [7, 11) is 0. The maximum atomic E-state index is 13.0. The number of hydrogen-bond acceptors (Lipinski definition) is 2. The van der Waals surface area contributed by atoms with Crippen molar-refractivity contribution in [2.75, 3.05) is 11.1 Å². The first-order chi connectivity index (χ1) is 8.08. The molecule has 0 radical (unpaired) electrons. The number of nitrogens with one attached hydrogen (secondary N) is 1. The van der Waals surface area contributed by atoms with Gasteiger partial charge in [0.05, 0.1) is 17.1 Å². The largest absolute Gasteiger partial charge is 0.397 e. The molecule has 4 heteroatoms. The molecule has 0 aliphatic carbocycles. The lowest BCUT2D eigenvalue weighted by atomic mass is 10.1. The lowest BCUT2D eigenvalue weighted by Crippen LogP contribution is -1.99. The van der Waals surface area contributed by atoms with Crippen LogP contribution in [0.3, 0.4) is 0 Å². The van der Waals surface area contributed by atoms with Gasteiger partial charge in [0.25, 0.3) is 0 Å². The van der Waals surface area contributed by atoms with Crippen LogP contribution in [-0.2, 0) is 0 Å². The van der Waals surface area contributed by atoms with Gasteiger partial charge < -0.3 is 11.1 Å². The van der Waals surface area contributed by atoms with Crippen LogP contribution in [0.1, 0.15) is 5.56 Å². The molecule has 2 nitrogen and oxygen atoms in total. The summed E-state index contributed by atoms with van der Waals surface area (Å²) in [5.41, 5.74) is 9.40. The summed E-state index contributed by atoms with van der Waals surface area (Å²) < 4.78 is 13.8. The molecule has 0 saturated carbocycles. The number of hydrogen-bond donors (Lipinski definition) is 2. The van der Waals surface area contributed by atoms with Crippen LogP contribution in [0.15, 0.2) is 36.4 Å². The van der Waals surface area contributed by atoms with Gasteiger partial charge in [0.15, 0.2) is 0 Å². The number of halogens is 2. The molecule has 0 aliphatic rings. The highest BCUT2D eigenvalue weighted by Crippen LogP contribution is 2.28. The predicted molar refractivity (Wildman–Crippen MR) is 78.0 cm³/mol. The van der Waals surface area contributed by atoms with Gasteiger partial charge in [-0.2, -0.15) is 0 Å². The van der Waals surface area contributed by atoms with E-state index in [0.717, 1.165) is 20.5 Å². The molecule has 0 fully saturated rings. The lowest BCUT2D eigenvalue weighted by molar-refractivity contribution is 0.627. The van der Waals surface area contributed by atoms with Gasteiger partial charge in [0.2, 0.25) is 0 Å². The number of aryl methyl sites for hydroxylation is 1. The molecular weight excluding hydrogens is 330 g/mol. The third-order valence-corrected chi connectivity index (χ3v) is 3.42. The van der Waals surface area contributed by atoms with Crippen molar-refractivity contribution in [3.8, 4) is 0 Å². The topological polar surface area (TPSA) is 38.0 Å². The Morgan fingerprint density at radius 2 is 1.94 bits per heavy atom. The third-order valence-electron chi connectivity index (χ3n) is 2.52. The van der Waals surface area contributed by atoms with Crippen LogP contribution in [0.25, 0.3) is 0 Å². The Bertz CT molecular complexity index is 555. The fourth-order valence-corrected chi connectivity index (χ4v) is 2.14. The van der Waals surface area contributed by atoms with Gasteiger partial charge in [-0.1, -0.05) is 12.1 Å².